The highest BCUT2D eigenvalue weighted by atomic mass is 32.2. The molecule has 0 aromatic heterocycles. The average Bonchev–Trinajstić information content (AvgIpc) is 3.44. The molecule has 160 valence electrons. The Kier molecular flexibility index (Phi) is 14.4. The maximum absolute atomic E-state index is 5.14. The van der Waals surface area contributed by atoms with E-state index < -0.39 is 0 Å². The van der Waals surface area contributed by atoms with E-state index in [1.54, 1.807) is 12.7 Å². The van der Waals surface area contributed by atoms with Crippen LogP contribution in [-0.2, 0) is 4.74 Å². The molecule has 0 spiro atoms. The molecule has 1 aliphatic rings. The molecular formula is C24H42N2OS. The van der Waals surface area contributed by atoms with Crippen molar-refractivity contribution in [3.63, 3.8) is 0 Å². The molecule has 0 amide bonds. The first-order valence-electron chi connectivity index (χ1n) is 10.7. The van der Waals surface area contributed by atoms with E-state index in [0.29, 0.717) is 11.3 Å². The molecule has 3 nitrogen and oxygen atoms in total. The first-order chi connectivity index (χ1) is 13.7. The largest absolute Gasteiger partial charge is 0.383 e. The zero-order valence-corrected chi connectivity index (χ0v) is 19.3. The Labute approximate surface area is 178 Å². The number of ether oxygens (including phenoxy) is 1. The van der Waals surface area contributed by atoms with Crippen LogP contribution in [0.1, 0.15) is 39.5 Å². The normalized spacial score (nSPS) is 20.5. The van der Waals surface area contributed by atoms with E-state index in [1.807, 2.05) is 0 Å². The molecule has 1 unspecified atom stereocenters. The highest BCUT2D eigenvalue weighted by Crippen LogP contribution is 2.41. The van der Waals surface area contributed by atoms with Gasteiger partial charge in [-0.2, -0.15) is 11.8 Å². The Hall–Kier alpha value is -0.810. The van der Waals surface area contributed by atoms with Crippen LogP contribution >= 0.6 is 11.8 Å². The van der Waals surface area contributed by atoms with Crippen LogP contribution < -0.4 is 5.32 Å². The van der Waals surface area contributed by atoms with E-state index in [-0.39, 0.29) is 0 Å². The average molecular weight is 407 g/mol. The van der Waals surface area contributed by atoms with Crippen LogP contribution in [-0.4, -0.2) is 62.3 Å². The van der Waals surface area contributed by atoms with Gasteiger partial charge in [-0.25, -0.2) is 0 Å². The summed E-state index contributed by atoms with van der Waals surface area (Å²) < 4.78 is 5.14. The van der Waals surface area contributed by atoms with E-state index in [9.17, 15) is 0 Å². The fraction of sp³-hybridized carbons (Fsp3) is 0.667. The van der Waals surface area contributed by atoms with E-state index >= 15 is 0 Å². The molecule has 1 aliphatic carbocycles. The molecule has 1 saturated carbocycles. The molecule has 1 N–H and O–H groups in total. The summed E-state index contributed by atoms with van der Waals surface area (Å²) in [6.07, 6.45) is 18.2. The molecule has 1 fully saturated rings. The second kappa shape index (κ2) is 16.0. The Morgan fingerprint density at radius 3 is 2.82 bits per heavy atom. The van der Waals surface area contributed by atoms with Crippen LogP contribution in [0, 0.1) is 5.92 Å². The number of methoxy groups -OCH3 is 1. The van der Waals surface area contributed by atoms with E-state index in [4.69, 9.17) is 4.74 Å². The van der Waals surface area contributed by atoms with Crippen LogP contribution in [0.2, 0.25) is 0 Å². The van der Waals surface area contributed by atoms with Gasteiger partial charge in [0, 0.05) is 24.9 Å². The lowest BCUT2D eigenvalue weighted by Gasteiger charge is -2.23. The standard InChI is InChI=1S/C24H42N2OS/c1-6-9-10-13-21-20-22(21)14-19-28-24(12-7-2)23(8-3)25-15-11-16-26(4)17-18-27-5/h6-9,12-13,22-25H,3,10-11,14-20H2,1-2,4-5H3/b9-6-,12-7-,21-13-/t22?,23-,24+/m1/s1. The van der Waals surface area contributed by atoms with E-state index in [2.05, 4.69) is 85.9 Å². The Morgan fingerprint density at radius 2 is 2.14 bits per heavy atom. The topological polar surface area (TPSA) is 24.5 Å². The van der Waals surface area contributed by atoms with Crippen molar-refractivity contribution in [2.45, 2.75) is 50.8 Å². The Bertz CT molecular complexity index is 501. The summed E-state index contributed by atoms with van der Waals surface area (Å²) in [7, 11) is 3.91. The fourth-order valence-corrected chi connectivity index (χ4v) is 4.62. The molecule has 0 aliphatic heterocycles. The van der Waals surface area contributed by atoms with E-state index in [0.717, 1.165) is 45.0 Å². The predicted molar refractivity (Wildman–Crippen MR) is 127 cm³/mol. The number of thioether (sulfide) groups is 1. The molecular weight excluding hydrogens is 364 g/mol. The van der Waals surface area contributed by atoms with Gasteiger partial charge in [-0.15, -0.1) is 6.58 Å². The minimum atomic E-state index is 0.328. The number of hydrogen-bond donors (Lipinski definition) is 1. The summed E-state index contributed by atoms with van der Waals surface area (Å²) in [5, 5.41) is 4.16. The van der Waals surface area contributed by atoms with Crippen molar-refractivity contribution in [2.75, 3.05) is 46.2 Å². The van der Waals surface area contributed by atoms with Gasteiger partial charge in [-0.3, -0.25) is 0 Å². The number of allylic oxidation sites excluding steroid dienone is 5. The molecule has 0 saturated heterocycles. The van der Waals surface area contributed by atoms with Crippen LogP contribution in [0.15, 0.2) is 48.6 Å². The van der Waals surface area contributed by atoms with Crippen LogP contribution in [0.3, 0.4) is 0 Å². The van der Waals surface area contributed by atoms with Crippen molar-refractivity contribution in [1.29, 1.82) is 0 Å². The minimum absolute atomic E-state index is 0.328. The number of nitrogens with zero attached hydrogens (tertiary/aromatic N) is 1. The number of nitrogens with one attached hydrogen (secondary N) is 1. The van der Waals surface area contributed by atoms with Gasteiger partial charge < -0.3 is 15.0 Å². The molecule has 3 atom stereocenters. The number of rotatable bonds is 17. The maximum Gasteiger partial charge on any atom is 0.0589 e. The Morgan fingerprint density at radius 1 is 1.32 bits per heavy atom. The predicted octanol–water partition coefficient (Wildman–Crippen LogP) is 5.08. The molecule has 0 aromatic rings. The molecule has 0 radical (unpaired) electrons. The van der Waals surface area contributed by atoms with Crippen LogP contribution in [0.25, 0.3) is 0 Å². The molecule has 28 heavy (non-hydrogen) atoms. The third kappa shape index (κ3) is 11.3. The lowest BCUT2D eigenvalue weighted by molar-refractivity contribution is 0.160. The van der Waals surface area contributed by atoms with Gasteiger partial charge in [0.25, 0.3) is 0 Å². The van der Waals surface area contributed by atoms with Crippen LogP contribution in [0.4, 0.5) is 0 Å². The smallest absolute Gasteiger partial charge is 0.0589 e. The summed E-state index contributed by atoms with van der Waals surface area (Å²) >= 11 is 2.06. The number of hydrogen-bond acceptors (Lipinski definition) is 4. The van der Waals surface area contributed by atoms with Gasteiger partial charge in [0.05, 0.1) is 6.61 Å². The minimum Gasteiger partial charge on any atom is -0.383 e. The summed E-state index contributed by atoms with van der Waals surface area (Å²) in [5.41, 5.74) is 1.66. The van der Waals surface area contributed by atoms with Crippen molar-refractivity contribution in [2.24, 2.45) is 5.92 Å². The third-order valence-corrected chi connectivity index (χ3v) is 6.45. The molecule has 1 rings (SSSR count). The maximum atomic E-state index is 5.14. The van der Waals surface area contributed by atoms with Gasteiger partial charge in [-0.05, 0) is 71.3 Å². The van der Waals surface area contributed by atoms with Crippen molar-refractivity contribution in [3.8, 4) is 0 Å². The summed E-state index contributed by atoms with van der Waals surface area (Å²) in [6.45, 7) is 12.2. The van der Waals surface area contributed by atoms with Crippen molar-refractivity contribution < 1.29 is 4.74 Å². The highest BCUT2D eigenvalue weighted by molar-refractivity contribution is 8.00. The summed E-state index contributed by atoms with van der Waals surface area (Å²) in [6, 6.07) is 0.328. The molecule has 0 aromatic carbocycles. The second-order valence-electron chi connectivity index (χ2n) is 7.50. The third-order valence-electron chi connectivity index (χ3n) is 5.14. The fourth-order valence-electron chi connectivity index (χ4n) is 3.24. The van der Waals surface area contributed by atoms with Gasteiger partial charge in [0.1, 0.15) is 0 Å². The van der Waals surface area contributed by atoms with Crippen molar-refractivity contribution in [3.05, 3.63) is 48.6 Å². The highest BCUT2D eigenvalue weighted by Gasteiger charge is 2.28. The molecule has 0 bridgehead atoms. The van der Waals surface area contributed by atoms with Gasteiger partial charge in [0.2, 0.25) is 0 Å². The van der Waals surface area contributed by atoms with Gasteiger partial charge in [0.15, 0.2) is 0 Å². The first kappa shape index (κ1) is 25.2. The van der Waals surface area contributed by atoms with Gasteiger partial charge >= 0.3 is 0 Å². The SMILES string of the molecule is C=C[C@@H](NCCCN(C)CCOC)[C@H](/C=C\C)SCCC1C/C1=C/C/C=C\C. The monoisotopic (exact) mass is 406 g/mol. The zero-order chi connectivity index (χ0) is 20.6. The van der Waals surface area contributed by atoms with E-state index in [1.165, 1.54) is 18.6 Å². The lowest BCUT2D eigenvalue weighted by atomic mass is 10.2. The molecule has 0 heterocycles. The van der Waals surface area contributed by atoms with Gasteiger partial charge in [-0.1, -0.05) is 42.0 Å². The lowest BCUT2D eigenvalue weighted by Crippen LogP contribution is -2.37. The second-order valence-corrected chi connectivity index (χ2v) is 8.79. The summed E-state index contributed by atoms with van der Waals surface area (Å²) in [4.78, 5) is 2.32. The molecule has 4 heteroatoms. The van der Waals surface area contributed by atoms with Crippen LogP contribution in [0.5, 0.6) is 0 Å². The Balaban J connectivity index is 2.29. The van der Waals surface area contributed by atoms with Crippen molar-refractivity contribution in [1.82, 2.24) is 10.2 Å². The summed E-state index contributed by atoms with van der Waals surface area (Å²) in [5.74, 6) is 2.05. The van der Waals surface area contributed by atoms with Crippen molar-refractivity contribution >= 4 is 11.8 Å². The zero-order valence-electron chi connectivity index (χ0n) is 18.5. The first-order valence-corrected chi connectivity index (χ1v) is 11.8. The quantitative estimate of drug-likeness (QED) is 0.269. The number of likely N-dealkylation sites (N-methyl/N-ethyl adjacent to an activating group) is 1.